The summed E-state index contributed by atoms with van der Waals surface area (Å²) >= 11 is 0. The molecule has 0 N–H and O–H groups in total. The predicted molar refractivity (Wildman–Crippen MR) is 142 cm³/mol. The van der Waals surface area contributed by atoms with E-state index in [2.05, 4.69) is 96.5 Å². The minimum absolute atomic E-state index is 0.874. The van der Waals surface area contributed by atoms with Crippen LogP contribution in [0.4, 0.5) is 0 Å². The lowest BCUT2D eigenvalue weighted by atomic mass is 9.92. The molecular formula is C31H21N3. The van der Waals surface area contributed by atoms with E-state index in [9.17, 15) is 0 Å². The van der Waals surface area contributed by atoms with E-state index in [1.54, 1.807) is 0 Å². The molecule has 2 heterocycles. The van der Waals surface area contributed by atoms with Gasteiger partial charge >= 0.3 is 0 Å². The maximum atomic E-state index is 5.11. The molecule has 5 aromatic carbocycles. The van der Waals surface area contributed by atoms with Crippen LogP contribution in [-0.4, -0.2) is 14.5 Å². The third-order valence-electron chi connectivity index (χ3n) is 6.79. The van der Waals surface area contributed by atoms with Crippen molar-refractivity contribution in [1.29, 1.82) is 0 Å². The van der Waals surface area contributed by atoms with Crippen LogP contribution in [0.5, 0.6) is 0 Å². The molecule has 160 valence electrons. The Morgan fingerprint density at radius 2 is 1.26 bits per heavy atom. The van der Waals surface area contributed by atoms with Gasteiger partial charge in [-0.05, 0) is 62.6 Å². The van der Waals surface area contributed by atoms with E-state index in [1.807, 2.05) is 24.3 Å². The molecule has 0 saturated carbocycles. The summed E-state index contributed by atoms with van der Waals surface area (Å²) < 4.78 is 2.12. The van der Waals surface area contributed by atoms with Gasteiger partial charge in [0.1, 0.15) is 5.69 Å². The summed E-state index contributed by atoms with van der Waals surface area (Å²) in [5.74, 6) is 0.874. The van der Waals surface area contributed by atoms with Crippen LogP contribution in [0.15, 0.2) is 109 Å². The van der Waals surface area contributed by atoms with E-state index in [4.69, 9.17) is 9.97 Å². The van der Waals surface area contributed by atoms with Crippen LogP contribution < -0.4 is 0 Å². The molecule has 7 rings (SSSR count). The zero-order chi connectivity index (χ0) is 22.6. The third kappa shape index (κ3) is 2.77. The van der Waals surface area contributed by atoms with Crippen LogP contribution in [0.3, 0.4) is 0 Å². The first kappa shape index (κ1) is 19.0. The Kier molecular flexibility index (Phi) is 4.06. The standard InChI is InChI=1S/C31H21N3/c1-34-29-16-7-6-13-27(29)33-31(34)28-15-8-14-26(32-28)25-19-21-18-17-20-9-2-3-10-22(20)30(21)24-12-5-4-11-23(24)25/h2-19H,1H3. The summed E-state index contributed by atoms with van der Waals surface area (Å²) in [7, 11) is 2.05. The quantitative estimate of drug-likeness (QED) is 0.260. The van der Waals surface area contributed by atoms with Crippen LogP contribution in [0.1, 0.15) is 0 Å². The molecule has 0 aliphatic heterocycles. The van der Waals surface area contributed by atoms with Crippen LogP contribution >= 0.6 is 0 Å². The SMILES string of the molecule is Cn1c(-c2cccc(-c3cc4ccc5ccccc5c4c4ccccc34)n2)nc2ccccc21. The first-order chi connectivity index (χ1) is 16.8. The minimum Gasteiger partial charge on any atom is -0.326 e. The number of benzene rings is 5. The number of para-hydroxylation sites is 2. The second-order valence-electron chi connectivity index (χ2n) is 8.75. The number of imidazole rings is 1. The average molecular weight is 436 g/mol. The van der Waals surface area contributed by atoms with Crippen molar-refractivity contribution in [3.63, 3.8) is 0 Å². The average Bonchev–Trinajstić information content (AvgIpc) is 3.24. The largest absolute Gasteiger partial charge is 0.326 e. The molecule has 3 heteroatoms. The number of pyridine rings is 1. The molecule has 0 saturated heterocycles. The fraction of sp³-hybridized carbons (Fsp3) is 0.0323. The molecule has 0 bridgehead atoms. The Labute approximate surface area is 196 Å². The number of fused-ring (bicyclic) bond motifs is 6. The number of aryl methyl sites for hydroxylation is 1. The summed E-state index contributed by atoms with van der Waals surface area (Å²) in [5, 5.41) is 7.52. The molecule has 0 radical (unpaired) electrons. The topological polar surface area (TPSA) is 30.7 Å². The lowest BCUT2D eigenvalue weighted by molar-refractivity contribution is 0.951. The molecule has 0 spiro atoms. The van der Waals surface area contributed by atoms with Crippen molar-refractivity contribution < 1.29 is 0 Å². The number of hydrogen-bond donors (Lipinski definition) is 0. The van der Waals surface area contributed by atoms with Crippen molar-refractivity contribution in [1.82, 2.24) is 14.5 Å². The Bertz CT molecular complexity index is 1880. The van der Waals surface area contributed by atoms with Crippen molar-refractivity contribution in [2.45, 2.75) is 0 Å². The van der Waals surface area contributed by atoms with Gasteiger partial charge in [0.25, 0.3) is 0 Å². The van der Waals surface area contributed by atoms with E-state index in [1.165, 1.54) is 32.3 Å². The number of nitrogens with zero attached hydrogens (tertiary/aromatic N) is 3. The second-order valence-corrected chi connectivity index (χ2v) is 8.75. The van der Waals surface area contributed by atoms with Crippen molar-refractivity contribution in [3.8, 4) is 22.8 Å². The van der Waals surface area contributed by atoms with Gasteiger partial charge in [-0.3, -0.25) is 0 Å². The predicted octanol–water partition coefficient (Wildman–Crippen LogP) is 7.76. The first-order valence-electron chi connectivity index (χ1n) is 11.5. The van der Waals surface area contributed by atoms with Gasteiger partial charge < -0.3 is 4.57 Å². The van der Waals surface area contributed by atoms with Gasteiger partial charge in [-0.15, -0.1) is 0 Å². The summed E-state index contributed by atoms with van der Waals surface area (Å²) in [5.41, 5.74) is 5.05. The van der Waals surface area contributed by atoms with Gasteiger partial charge in [-0.25, -0.2) is 9.97 Å². The normalized spacial score (nSPS) is 11.7. The second kappa shape index (κ2) is 7.26. The number of hydrogen-bond acceptors (Lipinski definition) is 2. The molecular weight excluding hydrogens is 414 g/mol. The fourth-order valence-electron chi connectivity index (χ4n) is 5.17. The van der Waals surface area contributed by atoms with E-state index < -0.39 is 0 Å². The molecule has 2 aromatic heterocycles. The maximum absolute atomic E-state index is 5.11. The summed E-state index contributed by atoms with van der Waals surface area (Å²) in [6.07, 6.45) is 0. The summed E-state index contributed by atoms with van der Waals surface area (Å²) in [4.78, 5) is 9.97. The Morgan fingerprint density at radius 3 is 2.15 bits per heavy atom. The highest BCUT2D eigenvalue weighted by Crippen LogP contribution is 2.38. The summed E-state index contributed by atoms with van der Waals surface area (Å²) in [6, 6.07) is 38.4. The number of rotatable bonds is 2. The van der Waals surface area contributed by atoms with Gasteiger partial charge in [-0.2, -0.15) is 0 Å². The Morgan fingerprint density at radius 1 is 0.559 bits per heavy atom. The molecule has 34 heavy (non-hydrogen) atoms. The third-order valence-corrected chi connectivity index (χ3v) is 6.79. The van der Waals surface area contributed by atoms with E-state index >= 15 is 0 Å². The van der Waals surface area contributed by atoms with Crippen molar-refractivity contribution in [2.75, 3.05) is 0 Å². The van der Waals surface area contributed by atoms with Crippen LogP contribution in [-0.2, 0) is 7.05 Å². The van der Waals surface area contributed by atoms with Gasteiger partial charge in [0.15, 0.2) is 5.82 Å². The van der Waals surface area contributed by atoms with Gasteiger partial charge in [0, 0.05) is 12.6 Å². The van der Waals surface area contributed by atoms with Crippen molar-refractivity contribution in [3.05, 3.63) is 109 Å². The highest BCUT2D eigenvalue weighted by Gasteiger charge is 2.15. The molecule has 0 fully saturated rings. The van der Waals surface area contributed by atoms with Crippen LogP contribution in [0.2, 0.25) is 0 Å². The zero-order valence-corrected chi connectivity index (χ0v) is 18.7. The monoisotopic (exact) mass is 435 g/mol. The molecule has 0 aliphatic carbocycles. The Balaban J connectivity index is 1.50. The van der Waals surface area contributed by atoms with E-state index in [-0.39, 0.29) is 0 Å². The van der Waals surface area contributed by atoms with E-state index in [0.717, 1.165) is 33.8 Å². The zero-order valence-electron chi connectivity index (χ0n) is 18.7. The molecule has 0 unspecified atom stereocenters. The van der Waals surface area contributed by atoms with Gasteiger partial charge in [0.05, 0.1) is 16.7 Å². The maximum Gasteiger partial charge on any atom is 0.159 e. The molecule has 7 aromatic rings. The number of aromatic nitrogens is 3. The van der Waals surface area contributed by atoms with Crippen LogP contribution in [0.25, 0.3) is 66.1 Å². The fourth-order valence-corrected chi connectivity index (χ4v) is 5.17. The highest BCUT2D eigenvalue weighted by molar-refractivity contribution is 6.23. The lowest BCUT2D eigenvalue weighted by Gasteiger charge is -2.13. The van der Waals surface area contributed by atoms with Crippen LogP contribution in [0, 0.1) is 0 Å². The minimum atomic E-state index is 0.874. The molecule has 3 nitrogen and oxygen atoms in total. The van der Waals surface area contributed by atoms with Crippen molar-refractivity contribution >= 4 is 43.4 Å². The molecule has 0 amide bonds. The first-order valence-corrected chi connectivity index (χ1v) is 11.5. The lowest BCUT2D eigenvalue weighted by Crippen LogP contribution is -1.96. The van der Waals surface area contributed by atoms with Gasteiger partial charge in [-0.1, -0.05) is 78.9 Å². The van der Waals surface area contributed by atoms with Crippen molar-refractivity contribution in [2.24, 2.45) is 7.05 Å². The molecule has 0 atom stereocenters. The van der Waals surface area contributed by atoms with Gasteiger partial charge in [0.2, 0.25) is 0 Å². The summed E-state index contributed by atoms with van der Waals surface area (Å²) in [6.45, 7) is 0. The Hall–Kier alpha value is -4.50. The molecule has 0 aliphatic rings. The highest BCUT2D eigenvalue weighted by atomic mass is 15.1. The smallest absolute Gasteiger partial charge is 0.159 e. The van der Waals surface area contributed by atoms with E-state index in [0.29, 0.717) is 0 Å².